The largest absolute Gasteiger partial charge is 0.357 e. The summed E-state index contributed by atoms with van der Waals surface area (Å²) >= 11 is 1.64. The first-order valence-corrected chi connectivity index (χ1v) is 10.2. The van der Waals surface area contributed by atoms with Gasteiger partial charge in [0, 0.05) is 32.1 Å². The molecule has 1 aliphatic rings. The van der Waals surface area contributed by atoms with Gasteiger partial charge in [-0.1, -0.05) is 6.92 Å². The monoisotopic (exact) mass is 522 g/mol. The molecular formula is C18H31IN6O2S. The van der Waals surface area contributed by atoms with E-state index in [0.717, 1.165) is 23.2 Å². The number of carbonyl (C=O) groups excluding carboxylic acids is 2. The molecule has 0 spiro atoms. The Balaban J connectivity index is 0.00000392. The summed E-state index contributed by atoms with van der Waals surface area (Å²) in [6, 6.07) is -0.309. The summed E-state index contributed by atoms with van der Waals surface area (Å²) in [7, 11) is 1.97. The lowest BCUT2D eigenvalue weighted by Crippen LogP contribution is -2.43. The number of aromatic nitrogens is 1. The van der Waals surface area contributed by atoms with Crippen LogP contribution in [0.4, 0.5) is 4.79 Å². The molecule has 8 nitrogen and oxygen atoms in total. The molecule has 1 fully saturated rings. The summed E-state index contributed by atoms with van der Waals surface area (Å²) in [5.41, 5.74) is 0.241. The first-order valence-electron chi connectivity index (χ1n) is 9.35. The van der Waals surface area contributed by atoms with E-state index in [0.29, 0.717) is 32.5 Å². The van der Waals surface area contributed by atoms with Gasteiger partial charge in [0.25, 0.3) is 5.91 Å². The normalized spacial score (nSPS) is 19.5. The van der Waals surface area contributed by atoms with E-state index < -0.39 is 5.54 Å². The average molecular weight is 522 g/mol. The predicted molar refractivity (Wildman–Crippen MR) is 123 cm³/mol. The highest BCUT2D eigenvalue weighted by molar-refractivity contribution is 14.0. The number of halogens is 1. The van der Waals surface area contributed by atoms with Gasteiger partial charge in [0.15, 0.2) is 5.96 Å². The standard InChI is InChI=1S/C18H30N6O2S.HI/c1-6-18(4)15(25)24(17(26)22-18)10-8-9-20-16(19-7-2)23(5)11-14-12-27-13(3)21-14;/h12H,6-11H2,1-5H3,(H,19,20)(H,22,26);1H. The molecule has 2 rings (SSSR count). The maximum atomic E-state index is 12.4. The molecule has 1 saturated heterocycles. The fourth-order valence-electron chi connectivity index (χ4n) is 2.87. The number of aryl methyl sites for hydroxylation is 1. The van der Waals surface area contributed by atoms with Crippen molar-refractivity contribution in [3.63, 3.8) is 0 Å². The molecule has 0 radical (unpaired) electrons. The molecule has 3 amide bonds. The van der Waals surface area contributed by atoms with Crippen molar-refractivity contribution in [1.29, 1.82) is 0 Å². The average Bonchev–Trinajstić information content (AvgIpc) is 3.12. The number of imide groups is 1. The highest BCUT2D eigenvalue weighted by Gasteiger charge is 2.45. The lowest BCUT2D eigenvalue weighted by molar-refractivity contribution is -0.130. The molecule has 1 aromatic rings. The number of thiazole rings is 1. The molecular weight excluding hydrogens is 491 g/mol. The molecule has 0 aromatic carbocycles. The summed E-state index contributed by atoms with van der Waals surface area (Å²) in [5.74, 6) is 0.639. The number of aliphatic imine (C=N–C) groups is 1. The third-order valence-electron chi connectivity index (χ3n) is 4.62. The Labute approximate surface area is 188 Å². The van der Waals surface area contributed by atoms with Crippen molar-refractivity contribution in [3.8, 4) is 0 Å². The summed E-state index contributed by atoms with van der Waals surface area (Å²) in [5, 5.41) is 9.14. The van der Waals surface area contributed by atoms with Crippen LogP contribution in [-0.2, 0) is 11.3 Å². The maximum Gasteiger partial charge on any atom is 0.325 e. The molecule has 10 heteroatoms. The summed E-state index contributed by atoms with van der Waals surface area (Å²) in [6.45, 7) is 10.0. The summed E-state index contributed by atoms with van der Waals surface area (Å²) in [4.78, 5) is 36.9. The van der Waals surface area contributed by atoms with Gasteiger partial charge in [-0.05, 0) is 33.6 Å². The van der Waals surface area contributed by atoms with Crippen molar-refractivity contribution in [2.24, 2.45) is 4.99 Å². The van der Waals surface area contributed by atoms with E-state index in [1.165, 1.54) is 4.90 Å². The number of urea groups is 1. The number of nitrogens with one attached hydrogen (secondary N) is 2. The van der Waals surface area contributed by atoms with Gasteiger partial charge in [-0.25, -0.2) is 9.78 Å². The van der Waals surface area contributed by atoms with E-state index >= 15 is 0 Å². The summed E-state index contributed by atoms with van der Waals surface area (Å²) in [6.07, 6.45) is 1.20. The van der Waals surface area contributed by atoms with Crippen molar-refractivity contribution in [1.82, 2.24) is 25.4 Å². The van der Waals surface area contributed by atoms with Crippen LogP contribution in [0, 0.1) is 6.92 Å². The molecule has 0 saturated carbocycles. The SMILES string of the molecule is CCNC(=NCCCN1C(=O)NC(C)(CC)C1=O)N(C)Cc1csc(C)n1.I. The van der Waals surface area contributed by atoms with Gasteiger partial charge in [-0.15, -0.1) is 35.3 Å². The van der Waals surface area contributed by atoms with Crippen molar-refractivity contribution in [2.75, 3.05) is 26.7 Å². The molecule has 158 valence electrons. The third kappa shape index (κ3) is 6.03. The lowest BCUT2D eigenvalue weighted by atomic mass is 9.99. The minimum absolute atomic E-state index is 0. The van der Waals surface area contributed by atoms with E-state index in [-0.39, 0.29) is 35.9 Å². The second-order valence-corrected chi connectivity index (χ2v) is 7.94. The van der Waals surface area contributed by atoms with Crippen molar-refractivity contribution < 1.29 is 9.59 Å². The molecule has 0 bridgehead atoms. The molecule has 28 heavy (non-hydrogen) atoms. The van der Waals surface area contributed by atoms with Crippen LogP contribution < -0.4 is 10.6 Å². The van der Waals surface area contributed by atoms with Crippen LogP contribution in [0.15, 0.2) is 10.4 Å². The third-order valence-corrected chi connectivity index (χ3v) is 5.44. The Bertz CT molecular complexity index is 710. The zero-order chi connectivity index (χ0) is 20.0. The Hall–Kier alpha value is -1.43. The van der Waals surface area contributed by atoms with Gasteiger partial charge in [-0.3, -0.25) is 14.7 Å². The fourth-order valence-corrected chi connectivity index (χ4v) is 3.48. The van der Waals surface area contributed by atoms with Crippen LogP contribution in [0.5, 0.6) is 0 Å². The topological polar surface area (TPSA) is 89.9 Å². The zero-order valence-electron chi connectivity index (χ0n) is 17.2. The zero-order valence-corrected chi connectivity index (χ0v) is 20.4. The van der Waals surface area contributed by atoms with E-state index in [2.05, 4.69) is 26.0 Å². The molecule has 0 aliphatic carbocycles. The second kappa shape index (κ2) is 10.9. The van der Waals surface area contributed by atoms with Gasteiger partial charge in [0.05, 0.1) is 17.2 Å². The smallest absolute Gasteiger partial charge is 0.325 e. The maximum absolute atomic E-state index is 12.4. The van der Waals surface area contributed by atoms with Crippen molar-refractivity contribution >= 4 is 53.2 Å². The molecule has 1 unspecified atom stereocenters. The predicted octanol–water partition coefficient (Wildman–Crippen LogP) is 2.58. The van der Waals surface area contributed by atoms with E-state index in [1.807, 2.05) is 32.7 Å². The number of carbonyl (C=O) groups is 2. The Morgan fingerprint density at radius 3 is 2.68 bits per heavy atom. The number of nitrogens with zero attached hydrogens (tertiary/aromatic N) is 4. The highest BCUT2D eigenvalue weighted by atomic mass is 127. The van der Waals surface area contributed by atoms with Gasteiger partial charge in [-0.2, -0.15) is 0 Å². The Kier molecular flexibility index (Phi) is 9.61. The van der Waals surface area contributed by atoms with Crippen molar-refractivity contribution in [3.05, 3.63) is 16.1 Å². The first kappa shape index (κ1) is 24.6. The number of hydrogen-bond donors (Lipinski definition) is 2. The fraction of sp³-hybridized carbons (Fsp3) is 0.667. The highest BCUT2D eigenvalue weighted by Crippen LogP contribution is 2.20. The Morgan fingerprint density at radius 2 is 2.14 bits per heavy atom. The van der Waals surface area contributed by atoms with Crippen molar-refractivity contribution in [2.45, 2.75) is 52.6 Å². The van der Waals surface area contributed by atoms with Crippen LogP contribution in [-0.4, -0.2) is 64.9 Å². The molecule has 1 atom stereocenters. The minimum atomic E-state index is -0.777. The molecule has 1 aliphatic heterocycles. The van der Waals surface area contributed by atoms with Crippen LogP contribution >= 0.6 is 35.3 Å². The summed E-state index contributed by atoms with van der Waals surface area (Å²) < 4.78 is 0. The van der Waals surface area contributed by atoms with E-state index in [4.69, 9.17) is 0 Å². The molecule has 1 aromatic heterocycles. The minimum Gasteiger partial charge on any atom is -0.357 e. The van der Waals surface area contributed by atoms with E-state index in [1.54, 1.807) is 18.3 Å². The molecule has 2 heterocycles. The number of rotatable bonds is 8. The van der Waals surface area contributed by atoms with Gasteiger partial charge in [0.1, 0.15) is 5.54 Å². The van der Waals surface area contributed by atoms with Crippen LogP contribution in [0.2, 0.25) is 0 Å². The lowest BCUT2D eigenvalue weighted by Gasteiger charge is -2.21. The van der Waals surface area contributed by atoms with Crippen LogP contribution in [0.3, 0.4) is 0 Å². The first-order chi connectivity index (χ1) is 12.8. The Morgan fingerprint density at radius 1 is 1.43 bits per heavy atom. The number of hydrogen-bond acceptors (Lipinski definition) is 5. The van der Waals surface area contributed by atoms with Crippen LogP contribution in [0.25, 0.3) is 0 Å². The van der Waals surface area contributed by atoms with Gasteiger partial charge in [0.2, 0.25) is 0 Å². The van der Waals surface area contributed by atoms with E-state index in [9.17, 15) is 9.59 Å². The van der Waals surface area contributed by atoms with Gasteiger partial charge >= 0.3 is 6.03 Å². The quantitative estimate of drug-likeness (QED) is 0.180. The second-order valence-electron chi connectivity index (χ2n) is 6.88. The number of amides is 3. The molecule has 2 N–H and O–H groups in total. The van der Waals surface area contributed by atoms with Crippen LogP contribution in [0.1, 0.15) is 44.3 Å². The number of guanidine groups is 1. The van der Waals surface area contributed by atoms with Gasteiger partial charge < -0.3 is 15.5 Å².